The van der Waals surface area contributed by atoms with Crippen LogP contribution in [0.15, 0.2) is 36.9 Å². The highest BCUT2D eigenvalue weighted by Gasteiger charge is 2.31. The van der Waals surface area contributed by atoms with Gasteiger partial charge in [-0.25, -0.2) is 14.4 Å². The summed E-state index contributed by atoms with van der Waals surface area (Å²) < 4.78 is 52.8. The van der Waals surface area contributed by atoms with Crippen molar-refractivity contribution in [3.05, 3.63) is 42.5 Å². The Bertz CT molecular complexity index is 954. The van der Waals surface area contributed by atoms with Crippen molar-refractivity contribution in [3.8, 4) is 11.4 Å². The number of fused-ring (bicyclic) bond motifs is 1. The van der Waals surface area contributed by atoms with Gasteiger partial charge >= 0.3 is 6.18 Å². The molecule has 3 aromatic rings. The maximum atomic E-state index is 12.8. The highest BCUT2D eigenvalue weighted by atomic mass is 19.4. The van der Waals surface area contributed by atoms with Crippen molar-refractivity contribution in [1.82, 2.24) is 24.7 Å². The van der Waals surface area contributed by atoms with E-state index in [-0.39, 0.29) is 17.7 Å². The lowest BCUT2D eigenvalue weighted by molar-refractivity contribution is -0.137. The zero-order valence-corrected chi connectivity index (χ0v) is 14.0. The molecule has 1 saturated heterocycles. The van der Waals surface area contributed by atoms with E-state index < -0.39 is 18.4 Å². The Morgan fingerprint density at radius 2 is 2.11 bits per heavy atom. The van der Waals surface area contributed by atoms with Gasteiger partial charge in [0.05, 0.1) is 29.8 Å². The topological polar surface area (TPSA) is 67.1 Å². The Morgan fingerprint density at radius 1 is 1.26 bits per heavy atom. The van der Waals surface area contributed by atoms with Gasteiger partial charge in [0.25, 0.3) is 0 Å². The minimum absolute atomic E-state index is 0.0341. The Balaban J connectivity index is 1.60. The average Bonchev–Trinajstić information content (AvgIpc) is 3.27. The fourth-order valence-corrected chi connectivity index (χ4v) is 3.16. The Morgan fingerprint density at radius 3 is 2.85 bits per heavy atom. The van der Waals surface area contributed by atoms with Crippen LogP contribution in [0.3, 0.4) is 0 Å². The second-order valence-electron chi connectivity index (χ2n) is 6.41. The second-order valence-corrected chi connectivity index (χ2v) is 6.41. The summed E-state index contributed by atoms with van der Waals surface area (Å²) >= 11 is 0. The molecule has 2 unspecified atom stereocenters. The van der Waals surface area contributed by atoms with Gasteiger partial charge in [0.1, 0.15) is 23.8 Å². The number of nitrogens with one attached hydrogen (secondary N) is 2. The van der Waals surface area contributed by atoms with Crippen LogP contribution < -0.4 is 10.6 Å². The number of alkyl halides is 4. The predicted octanol–water partition coefficient (Wildman–Crippen LogP) is 2.92. The molecule has 0 saturated carbocycles. The molecule has 1 aliphatic rings. The summed E-state index contributed by atoms with van der Waals surface area (Å²) in [7, 11) is 0. The number of anilines is 1. The van der Waals surface area contributed by atoms with E-state index >= 15 is 0 Å². The lowest BCUT2D eigenvalue weighted by Crippen LogP contribution is -2.24. The number of halogens is 4. The van der Waals surface area contributed by atoms with Crippen LogP contribution in [-0.2, 0) is 6.18 Å². The van der Waals surface area contributed by atoms with E-state index in [4.69, 9.17) is 0 Å². The molecule has 2 N–H and O–H groups in total. The number of nitrogens with zero attached hydrogens (tertiary/aromatic N) is 4. The lowest BCUT2D eigenvalue weighted by atomic mass is 10.2. The largest absolute Gasteiger partial charge is 0.416 e. The first-order chi connectivity index (χ1) is 12.9. The molecular weight excluding hydrogens is 364 g/mol. The first-order valence-corrected chi connectivity index (χ1v) is 8.36. The highest BCUT2D eigenvalue weighted by molar-refractivity contribution is 5.61. The monoisotopic (exact) mass is 380 g/mol. The van der Waals surface area contributed by atoms with Crippen LogP contribution in [0.1, 0.15) is 12.0 Å². The normalized spacial score (nSPS) is 20.3. The molecule has 3 aromatic heterocycles. The first-order valence-electron chi connectivity index (χ1n) is 8.36. The Labute approximate surface area is 151 Å². The summed E-state index contributed by atoms with van der Waals surface area (Å²) in [5, 5.41) is 6.27. The summed E-state index contributed by atoms with van der Waals surface area (Å²) in [6.07, 6.45) is 2.05. The second kappa shape index (κ2) is 6.76. The van der Waals surface area contributed by atoms with E-state index in [1.165, 1.54) is 23.0 Å². The van der Waals surface area contributed by atoms with Crippen LogP contribution in [0.4, 0.5) is 23.4 Å². The zero-order valence-electron chi connectivity index (χ0n) is 14.0. The van der Waals surface area contributed by atoms with E-state index in [9.17, 15) is 17.6 Å². The number of hydrogen-bond acceptors (Lipinski definition) is 5. The van der Waals surface area contributed by atoms with Crippen molar-refractivity contribution in [1.29, 1.82) is 0 Å². The maximum absolute atomic E-state index is 12.8. The van der Waals surface area contributed by atoms with Gasteiger partial charge in [0.2, 0.25) is 0 Å². The van der Waals surface area contributed by atoms with Crippen LogP contribution in [0.2, 0.25) is 0 Å². The SMILES string of the molecule is FCC1CC(Nc2cncc(-c3cnc4cc(C(F)(F)F)ccn34)n2)CN1. The zero-order chi connectivity index (χ0) is 19.0. The molecule has 1 fully saturated rings. The lowest BCUT2D eigenvalue weighted by Gasteiger charge is -2.12. The minimum Gasteiger partial charge on any atom is -0.365 e. The van der Waals surface area contributed by atoms with Crippen molar-refractivity contribution in [2.45, 2.75) is 24.7 Å². The minimum atomic E-state index is -4.43. The molecule has 27 heavy (non-hydrogen) atoms. The van der Waals surface area contributed by atoms with E-state index in [0.29, 0.717) is 30.2 Å². The van der Waals surface area contributed by atoms with Gasteiger partial charge < -0.3 is 10.6 Å². The van der Waals surface area contributed by atoms with Crippen molar-refractivity contribution in [2.24, 2.45) is 0 Å². The van der Waals surface area contributed by atoms with E-state index in [1.54, 1.807) is 6.20 Å². The quantitative estimate of drug-likeness (QED) is 0.682. The van der Waals surface area contributed by atoms with Crippen molar-refractivity contribution in [2.75, 3.05) is 18.5 Å². The van der Waals surface area contributed by atoms with Gasteiger partial charge in [-0.2, -0.15) is 13.2 Å². The molecule has 0 aromatic carbocycles. The molecule has 0 aliphatic carbocycles. The third kappa shape index (κ3) is 3.57. The number of rotatable bonds is 4. The van der Waals surface area contributed by atoms with Gasteiger partial charge in [-0.1, -0.05) is 0 Å². The molecule has 142 valence electrons. The van der Waals surface area contributed by atoms with Crippen LogP contribution in [0, 0.1) is 0 Å². The summed E-state index contributed by atoms with van der Waals surface area (Å²) in [4.78, 5) is 12.7. The fourth-order valence-electron chi connectivity index (χ4n) is 3.16. The van der Waals surface area contributed by atoms with Gasteiger partial charge in [0.15, 0.2) is 0 Å². The summed E-state index contributed by atoms with van der Waals surface area (Å²) in [5.74, 6) is 0.515. The standard InChI is InChI=1S/C17H16F4N6/c18-5-11-4-12(6-23-11)25-15-9-22-7-13(26-15)14-8-24-16-3-10(17(19,20)21)1-2-27(14)16/h1-3,7-9,11-12,23H,4-6H2,(H,25,26). The molecule has 0 spiro atoms. The molecule has 0 amide bonds. The van der Waals surface area contributed by atoms with E-state index in [2.05, 4.69) is 25.6 Å². The fraction of sp³-hybridized carbons (Fsp3) is 0.353. The van der Waals surface area contributed by atoms with Crippen LogP contribution in [-0.4, -0.2) is 44.7 Å². The van der Waals surface area contributed by atoms with Crippen molar-refractivity contribution >= 4 is 11.5 Å². The molecule has 4 heterocycles. The van der Waals surface area contributed by atoms with Crippen molar-refractivity contribution in [3.63, 3.8) is 0 Å². The smallest absolute Gasteiger partial charge is 0.365 e. The van der Waals surface area contributed by atoms with Gasteiger partial charge in [0, 0.05) is 24.8 Å². The molecule has 0 radical (unpaired) electrons. The summed E-state index contributed by atoms with van der Waals surface area (Å²) in [6.45, 7) is 0.196. The Hall–Kier alpha value is -2.75. The van der Waals surface area contributed by atoms with Gasteiger partial charge in [-0.3, -0.25) is 9.38 Å². The predicted molar refractivity (Wildman–Crippen MR) is 91.0 cm³/mol. The molecule has 10 heteroatoms. The number of aromatic nitrogens is 4. The third-order valence-electron chi connectivity index (χ3n) is 4.50. The van der Waals surface area contributed by atoms with Crippen molar-refractivity contribution < 1.29 is 17.6 Å². The molecule has 6 nitrogen and oxygen atoms in total. The van der Waals surface area contributed by atoms with Crippen LogP contribution in [0.25, 0.3) is 17.0 Å². The molecule has 1 aliphatic heterocycles. The summed E-state index contributed by atoms with van der Waals surface area (Å²) in [5.41, 5.74) is 0.414. The maximum Gasteiger partial charge on any atom is 0.416 e. The highest BCUT2D eigenvalue weighted by Crippen LogP contribution is 2.30. The van der Waals surface area contributed by atoms with Crippen LogP contribution >= 0.6 is 0 Å². The number of pyridine rings is 1. The molecule has 4 rings (SSSR count). The van der Waals surface area contributed by atoms with Gasteiger partial charge in [-0.15, -0.1) is 0 Å². The van der Waals surface area contributed by atoms with E-state index in [0.717, 1.165) is 12.1 Å². The number of imidazole rings is 1. The number of hydrogen-bond donors (Lipinski definition) is 2. The molecule has 2 atom stereocenters. The summed E-state index contributed by atoms with van der Waals surface area (Å²) in [6, 6.07) is 1.85. The average molecular weight is 380 g/mol. The Kier molecular flexibility index (Phi) is 4.42. The first kappa shape index (κ1) is 17.7. The van der Waals surface area contributed by atoms with Crippen LogP contribution in [0.5, 0.6) is 0 Å². The van der Waals surface area contributed by atoms with E-state index in [1.807, 2.05) is 0 Å². The third-order valence-corrected chi connectivity index (χ3v) is 4.50. The molecular formula is C17H16F4N6. The molecule has 0 bridgehead atoms. The van der Waals surface area contributed by atoms with Gasteiger partial charge in [-0.05, 0) is 18.6 Å².